The summed E-state index contributed by atoms with van der Waals surface area (Å²) in [6.45, 7) is 5.89. The lowest BCUT2D eigenvalue weighted by atomic mass is 9.87. The van der Waals surface area contributed by atoms with E-state index in [9.17, 15) is 19.3 Å². The first-order valence-electron chi connectivity index (χ1n) is 11.5. The lowest BCUT2D eigenvalue weighted by Crippen LogP contribution is -2.50. The molecule has 1 unspecified atom stereocenters. The first-order valence-corrected chi connectivity index (χ1v) is 13.0. The normalized spacial score (nSPS) is 24.1. The summed E-state index contributed by atoms with van der Waals surface area (Å²) in [5, 5.41) is 2.58. The molecule has 11 nitrogen and oxygen atoms in total. The third-order valence-corrected chi connectivity index (χ3v) is 7.21. The quantitative estimate of drug-likeness (QED) is 0.273. The van der Waals surface area contributed by atoms with Gasteiger partial charge in [-0.3, -0.25) is 28.1 Å². The third-order valence-electron chi connectivity index (χ3n) is 5.84. The Hall–Kier alpha value is -2.14. The molecule has 2 atom stereocenters. The standard InChI is InChI=1S/C23H34N2O9P/c1-23(2)15-32-35(29,34-20(23)21(27)24-11-10-19(26)30-3)33-16-31-22(28)18-8-6-17(7-9-18)14-25-12-4-5-13-25/h6-9,20,29H,4-5,10-16H2,1-3H3,(H,24,27)/t20-/m0/s1. The molecular weight excluding hydrogens is 479 g/mol. The van der Waals surface area contributed by atoms with Crippen LogP contribution < -0.4 is 5.32 Å². The Morgan fingerprint density at radius 3 is 2.54 bits per heavy atom. The largest absolute Gasteiger partial charge is 0.469 e. The van der Waals surface area contributed by atoms with E-state index in [4.69, 9.17) is 18.3 Å². The Kier molecular flexibility index (Phi) is 9.57. The minimum absolute atomic E-state index is 0.00299. The molecule has 2 aliphatic heterocycles. The van der Waals surface area contributed by atoms with Crippen LogP contribution >= 0.6 is 8.17 Å². The number of nitrogens with zero attached hydrogens (tertiary/aromatic N) is 1. The minimum Gasteiger partial charge on any atom is -0.469 e. The molecule has 1 amide bonds. The van der Waals surface area contributed by atoms with Gasteiger partial charge in [-0.25, -0.2) is 4.79 Å². The second-order valence-corrected chi connectivity index (χ2v) is 10.9. The van der Waals surface area contributed by atoms with Gasteiger partial charge in [0.05, 0.1) is 25.7 Å². The Morgan fingerprint density at radius 1 is 1.20 bits per heavy atom. The highest BCUT2D eigenvalue weighted by Gasteiger charge is 2.50. The zero-order valence-electron chi connectivity index (χ0n) is 20.4. The Balaban J connectivity index is 1.47. The van der Waals surface area contributed by atoms with E-state index in [1.165, 1.54) is 20.0 Å². The number of esters is 2. The van der Waals surface area contributed by atoms with Crippen molar-refractivity contribution in [2.45, 2.75) is 45.8 Å². The van der Waals surface area contributed by atoms with Gasteiger partial charge in [-0.05, 0) is 43.6 Å². The molecule has 1 radical (unpaired) electrons. The predicted molar refractivity (Wildman–Crippen MR) is 126 cm³/mol. The molecule has 35 heavy (non-hydrogen) atoms. The number of rotatable bonds is 10. The number of carbonyl (C=O) groups excluding carboxylic acids is 3. The lowest BCUT2D eigenvalue weighted by molar-refractivity contribution is -0.146. The summed E-state index contributed by atoms with van der Waals surface area (Å²) in [4.78, 5) is 49.2. The molecule has 0 aromatic heterocycles. The van der Waals surface area contributed by atoms with Gasteiger partial charge in [0.15, 0.2) is 6.10 Å². The van der Waals surface area contributed by atoms with E-state index < -0.39 is 44.3 Å². The maximum absolute atomic E-state index is 12.6. The molecule has 2 N–H and O–H groups in total. The fourth-order valence-corrected chi connectivity index (χ4v) is 5.28. The molecule has 1 aromatic rings. The van der Waals surface area contributed by atoms with Crippen molar-refractivity contribution in [1.82, 2.24) is 10.2 Å². The zero-order valence-corrected chi connectivity index (χ0v) is 21.3. The van der Waals surface area contributed by atoms with Crippen molar-refractivity contribution in [2.24, 2.45) is 5.41 Å². The van der Waals surface area contributed by atoms with Crippen LogP contribution in [0.5, 0.6) is 0 Å². The summed E-state index contributed by atoms with van der Waals surface area (Å²) in [5.41, 5.74) is 0.680. The molecule has 195 valence electrons. The highest BCUT2D eigenvalue weighted by molar-refractivity contribution is 7.55. The van der Waals surface area contributed by atoms with Gasteiger partial charge in [-0.15, -0.1) is 0 Å². The number of nitrogens with one attached hydrogen (secondary N) is 1. The maximum Gasteiger partial charge on any atom is 0.381 e. The van der Waals surface area contributed by atoms with Crippen LogP contribution in [0.2, 0.25) is 0 Å². The van der Waals surface area contributed by atoms with E-state index in [-0.39, 0.29) is 19.6 Å². The van der Waals surface area contributed by atoms with Crippen molar-refractivity contribution >= 4 is 26.0 Å². The summed E-state index contributed by atoms with van der Waals surface area (Å²) in [6, 6.07) is 7.13. The first-order chi connectivity index (χ1) is 16.6. The van der Waals surface area contributed by atoms with Crippen molar-refractivity contribution in [1.29, 1.82) is 0 Å². The fraction of sp³-hybridized carbons (Fsp3) is 0.609. The number of ether oxygens (including phenoxy) is 2. The summed E-state index contributed by atoms with van der Waals surface area (Å²) >= 11 is 0. The molecule has 2 saturated heterocycles. The van der Waals surface area contributed by atoms with Crippen molar-refractivity contribution < 1.29 is 42.3 Å². The van der Waals surface area contributed by atoms with Crippen LogP contribution in [0.25, 0.3) is 0 Å². The average Bonchev–Trinajstić information content (AvgIpc) is 3.34. The zero-order chi connectivity index (χ0) is 25.5. The number of benzene rings is 1. The molecule has 0 bridgehead atoms. The number of amides is 1. The predicted octanol–water partition coefficient (Wildman–Crippen LogP) is 2.20. The third kappa shape index (κ3) is 7.93. The first kappa shape index (κ1) is 27.4. The Morgan fingerprint density at radius 2 is 1.89 bits per heavy atom. The van der Waals surface area contributed by atoms with Crippen LogP contribution in [-0.2, 0) is 39.2 Å². The molecule has 2 aliphatic rings. The van der Waals surface area contributed by atoms with Crippen molar-refractivity contribution in [2.75, 3.05) is 40.1 Å². The van der Waals surface area contributed by atoms with Gasteiger partial charge >= 0.3 is 20.1 Å². The molecule has 0 saturated carbocycles. The second-order valence-electron chi connectivity index (χ2n) is 9.19. The van der Waals surface area contributed by atoms with Gasteiger partial charge in [0.2, 0.25) is 12.7 Å². The molecular formula is C23H34N2O9P. The van der Waals surface area contributed by atoms with Crippen molar-refractivity contribution in [3.05, 3.63) is 35.4 Å². The van der Waals surface area contributed by atoms with Crippen LogP contribution in [0.15, 0.2) is 24.3 Å². The SMILES string of the molecule is COC(=O)CCNC(=O)[C@@H]1O[P](O)(OCOC(=O)c2ccc(CN3CCCC3)cc2)OCC1(C)C. The molecule has 1 aromatic carbocycles. The number of hydrogen-bond acceptors (Lipinski definition) is 10. The van der Waals surface area contributed by atoms with E-state index in [1.807, 2.05) is 12.1 Å². The molecule has 0 aliphatic carbocycles. The molecule has 0 spiro atoms. The van der Waals surface area contributed by atoms with Gasteiger partial charge in [-0.1, -0.05) is 26.0 Å². The molecule has 2 fully saturated rings. The topological polar surface area (TPSA) is 133 Å². The maximum atomic E-state index is 12.6. The highest BCUT2D eigenvalue weighted by Crippen LogP contribution is 2.63. The number of carbonyl (C=O) groups is 3. The second kappa shape index (κ2) is 12.2. The molecule has 3 rings (SSSR count). The van der Waals surface area contributed by atoms with E-state index in [0.717, 1.165) is 25.2 Å². The van der Waals surface area contributed by atoms with E-state index >= 15 is 0 Å². The number of likely N-dealkylation sites (tertiary alicyclic amines) is 1. The average molecular weight is 514 g/mol. The van der Waals surface area contributed by atoms with Crippen LogP contribution in [0, 0.1) is 5.41 Å². The van der Waals surface area contributed by atoms with Crippen LogP contribution in [0.1, 0.15) is 49.0 Å². The van der Waals surface area contributed by atoms with Crippen molar-refractivity contribution in [3.8, 4) is 0 Å². The highest BCUT2D eigenvalue weighted by atomic mass is 31.2. The summed E-state index contributed by atoms with van der Waals surface area (Å²) < 4.78 is 25.7. The van der Waals surface area contributed by atoms with Gasteiger partial charge < -0.3 is 19.7 Å². The molecule has 2 heterocycles. The van der Waals surface area contributed by atoms with Crippen LogP contribution in [0.3, 0.4) is 0 Å². The summed E-state index contributed by atoms with van der Waals surface area (Å²) in [7, 11) is -2.66. The van der Waals surface area contributed by atoms with Gasteiger partial charge in [0.25, 0.3) is 0 Å². The smallest absolute Gasteiger partial charge is 0.381 e. The van der Waals surface area contributed by atoms with Crippen LogP contribution in [0.4, 0.5) is 0 Å². The Labute approximate surface area is 205 Å². The van der Waals surface area contributed by atoms with Gasteiger partial charge in [-0.2, -0.15) is 0 Å². The van der Waals surface area contributed by atoms with Gasteiger partial charge in [0, 0.05) is 18.5 Å². The fourth-order valence-electron chi connectivity index (χ4n) is 3.76. The van der Waals surface area contributed by atoms with E-state index in [2.05, 4.69) is 15.0 Å². The van der Waals surface area contributed by atoms with Gasteiger partial charge in [0.1, 0.15) is 0 Å². The van der Waals surface area contributed by atoms with E-state index in [0.29, 0.717) is 5.56 Å². The van der Waals surface area contributed by atoms with E-state index in [1.54, 1.807) is 26.0 Å². The number of methoxy groups -OCH3 is 1. The summed E-state index contributed by atoms with van der Waals surface area (Å²) in [6.07, 6.45) is 1.32. The minimum atomic E-state index is -3.92. The monoisotopic (exact) mass is 513 g/mol. The van der Waals surface area contributed by atoms with Crippen molar-refractivity contribution in [3.63, 3.8) is 0 Å². The molecule has 12 heteroatoms. The number of hydrogen-bond donors (Lipinski definition) is 2. The lowest BCUT2D eigenvalue weighted by Gasteiger charge is -2.43. The summed E-state index contributed by atoms with van der Waals surface area (Å²) in [5.74, 6) is -1.62. The Bertz CT molecular complexity index is 889. The van der Waals surface area contributed by atoms with Crippen LogP contribution in [-0.4, -0.2) is 73.9 Å².